The molecule has 0 radical (unpaired) electrons. The maximum Gasteiger partial charge on any atom is 0.243 e. The molecule has 1 aromatic carbocycles. The topological polar surface area (TPSA) is 101 Å². The fourth-order valence-electron chi connectivity index (χ4n) is 3.34. The van der Waals surface area contributed by atoms with Gasteiger partial charge in [0.1, 0.15) is 0 Å². The number of nitrogens with zero attached hydrogens (tertiary/aromatic N) is 1. The van der Waals surface area contributed by atoms with Crippen LogP contribution in [0.15, 0.2) is 29.2 Å². The number of amides is 1. The molecule has 144 valence electrons. The summed E-state index contributed by atoms with van der Waals surface area (Å²) in [5.41, 5.74) is 0. The monoisotopic (exact) mass is 420 g/mol. The first-order valence-corrected chi connectivity index (χ1v) is 12.1. The number of carbonyl (C=O) groups is 1. The Hall–Kier alpha value is -1.16. The Bertz CT molecular complexity index is 876. The van der Waals surface area contributed by atoms with Crippen LogP contribution in [-0.2, 0) is 24.7 Å². The summed E-state index contributed by atoms with van der Waals surface area (Å²) in [6.45, 7) is 0.512. The van der Waals surface area contributed by atoms with Crippen molar-refractivity contribution in [3.8, 4) is 0 Å². The van der Waals surface area contributed by atoms with Gasteiger partial charge in [-0.25, -0.2) is 16.8 Å². The Morgan fingerprint density at radius 3 is 2.27 bits per heavy atom. The van der Waals surface area contributed by atoms with E-state index >= 15 is 0 Å². The number of nitrogens with one attached hydrogen (secondary N) is 1. The first kappa shape index (κ1) is 19.6. The Balaban J connectivity index is 1.57. The summed E-state index contributed by atoms with van der Waals surface area (Å²) in [4.78, 5) is 12.5. The molecular formula is C16H21ClN2O5S2. The highest BCUT2D eigenvalue weighted by molar-refractivity contribution is 7.91. The van der Waals surface area contributed by atoms with Crippen molar-refractivity contribution in [2.24, 2.45) is 5.92 Å². The molecule has 1 aromatic rings. The number of sulfone groups is 1. The molecule has 1 amide bonds. The van der Waals surface area contributed by atoms with E-state index in [0.29, 0.717) is 24.3 Å². The van der Waals surface area contributed by atoms with Crippen LogP contribution in [0, 0.1) is 5.92 Å². The van der Waals surface area contributed by atoms with Crippen LogP contribution >= 0.6 is 11.6 Å². The van der Waals surface area contributed by atoms with Crippen molar-refractivity contribution in [3.05, 3.63) is 29.3 Å². The number of hydrogen-bond donors (Lipinski definition) is 1. The number of carbonyl (C=O) groups excluding carboxylic acids is 1. The molecule has 0 spiro atoms. The molecule has 2 aliphatic heterocycles. The molecule has 0 aromatic heterocycles. The van der Waals surface area contributed by atoms with Crippen LogP contribution in [0.3, 0.4) is 0 Å². The van der Waals surface area contributed by atoms with Crippen LogP contribution in [0.1, 0.15) is 19.3 Å². The number of sulfonamides is 1. The number of benzene rings is 1. The quantitative estimate of drug-likeness (QED) is 0.784. The molecule has 10 heteroatoms. The van der Waals surface area contributed by atoms with Crippen LogP contribution in [0.25, 0.3) is 0 Å². The standard InChI is InChI=1S/C16H21ClN2O5S2/c17-13-1-3-15(4-2-13)26(23,24)19-8-5-12(6-9-19)16(20)18-14-7-10-25(21,22)11-14/h1-4,12,14H,5-11H2,(H,18,20)/t14-/m0/s1. The highest BCUT2D eigenvalue weighted by Crippen LogP contribution is 2.25. The largest absolute Gasteiger partial charge is 0.352 e. The van der Waals surface area contributed by atoms with E-state index in [2.05, 4.69) is 5.32 Å². The highest BCUT2D eigenvalue weighted by atomic mass is 35.5. The van der Waals surface area contributed by atoms with Crippen molar-refractivity contribution < 1.29 is 21.6 Å². The number of hydrogen-bond acceptors (Lipinski definition) is 5. The molecule has 0 unspecified atom stereocenters. The summed E-state index contributed by atoms with van der Waals surface area (Å²) in [7, 11) is -6.65. The average molecular weight is 421 g/mol. The lowest BCUT2D eigenvalue weighted by Crippen LogP contribution is -2.45. The normalized spacial score (nSPS) is 24.4. The number of piperidine rings is 1. The second kappa shape index (κ2) is 7.46. The summed E-state index contributed by atoms with van der Waals surface area (Å²) in [6, 6.07) is 5.67. The van der Waals surface area contributed by atoms with Crippen molar-refractivity contribution in [3.63, 3.8) is 0 Å². The first-order valence-electron chi connectivity index (χ1n) is 8.44. The summed E-state index contributed by atoms with van der Waals surface area (Å²) in [6.07, 6.45) is 1.27. The van der Waals surface area contributed by atoms with Gasteiger partial charge in [0.25, 0.3) is 0 Å². The van der Waals surface area contributed by atoms with Gasteiger partial charge in [-0.2, -0.15) is 4.31 Å². The van der Waals surface area contributed by atoms with Gasteiger partial charge < -0.3 is 5.32 Å². The fraction of sp³-hybridized carbons (Fsp3) is 0.562. The van der Waals surface area contributed by atoms with Gasteiger partial charge in [-0.3, -0.25) is 4.79 Å². The van der Waals surface area contributed by atoms with Gasteiger partial charge in [-0.1, -0.05) is 11.6 Å². The van der Waals surface area contributed by atoms with E-state index in [1.54, 1.807) is 0 Å². The van der Waals surface area contributed by atoms with E-state index in [0.717, 1.165) is 0 Å². The van der Waals surface area contributed by atoms with Crippen LogP contribution in [0.2, 0.25) is 5.02 Å². The number of rotatable bonds is 4. The van der Waals surface area contributed by atoms with E-state index in [1.165, 1.54) is 28.6 Å². The predicted molar refractivity (Wildman–Crippen MR) is 98.1 cm³/mol. The van der Waals surface area contributed by atoms with Crippen LogP contribution in [-0.4, -0.2) is 57.7 Å². The molecule has 7 nitrogen and oxygen atoms in total. The SMILES string of the molecule is O=C(N[C@H]1CCS(=O)(=O)C1)C1CCN(S(=O)(=O)c2ccc(Cl)cc2)CC1. The van der Waals surface area contributed by atoms with Crippen molar-refractivity contribution in [2.45, 2.75) is 30.2 Å². The van der Waals surface area contributed by atoms with E-state index < -0.39 is 19.9 Å². The van der Waals surface area contributed by atoms with Gasteiger partial charge in [0.15, 0.2) is 9.84 Å². The lowest BCUT2D eigenvalue weighted by atomic mass is 9.97. The van der Waals surface area contributed by atoms with Gasteiger partial charge in [0.05, 0.1) is 16.4 Å². The van der Waals surface area contributed by atoms with Gasteiger partial charge in [0, 0.05) is 30.1 Å². The van der Waals surface area contributed by atoms with Crippen molar-refractivity contribution in [2.75, 3.05) is 24.6 Å². The van der Waals surface area contributed by atoms with Crippen molar-refractivity contribution in [1.29, 1.82) is 0 Å². The van der Waals surface area contributed by atoms with Gasteiger partial charge in [-0.15, -0.1) is 0 Å². The smallest absolute Gasteiger partial charge is 0.243 e. The Kier molecular flexibility index (Phi) is 5.62. The molecule has 26 heavy (non-hydrogen) atoms. The Morgan fingerprint density at radius 1 is 1.12 bits per heavy atom. The van der Waals surface area contributed by atoms with Crippen molar-refractivity contribution >= 4 is 37.4 Å². The predicted octanol–water partition coefficient (Wildman–Crippen LogP) is 1.04. The van der Waals surface area contributed by atoms with E-state index in [-0.39, 0.29) is 47.4 Å². The molecule has 3 rings (SSSR count). The highest BCUT2D eigenvalue weighted by Gasteiger charge is 2.34. The molecule has 0 saturated carbocycles. The molecule has 0 aliphatic carbocycles. The van der Waals surface area contributed by atoms with Gasteiger partial charge in [0.2, 0.25) is 15.9 Å². The Labute approximate surface area is 158 Å². The molecule has 1 N–H and O–H groups in total. The molecule has 2 aliphatic rings. The van der Waals surface area contributed by atoms with E-state index in [4.69, 9.17) is 11.6 Å². The maximum atomic E-state index is 12.6. The molecule has 2 fully saturated rings. The van der Waals surface area contributed by atoms with Crippen LogP contribution in [0.4, 0.5) is 0 Å². The van der Waals surface area contributed by atoms with Crippen molar-refractivity contribution in [1.82, 2.24) is 9.62 Å². The van der Waals surface area contributed by atoms with E-state index in [1.807, 2.05) is 0 Å². The fourth-order valence-corrected chi connectivity index (χ4v) is 6.61. The van der Waals surface area contributed by atoms with Gasteiger partial charge >= 0.3 is 0 Å². The second-order valence-corrected chi connectivity index (χ2v) is 11.3. The number of halogens is 1. The summed E-state index contributed by atoms with van der Waals surface area (Å²) >= 11 is 5.80. The maximum absolute atomic E-state index is 12.6. The summed E-state index contributed by atoms with van der Waals surface area (Å²) in [5, 5.41) is 3.26. The second-order valence-electron chi connectivity index (χ2n) is 6.74. The Morgan fingerprint density at radius 2 is 1.73 bits per heavy atom. The van der Waals surface area contributed by atoms with E-state index in [9.17, 15) is 21.6 Å². The minimum Gasteiger partial charge on any atom is -0.352 e. The third-order valence-electron chi connectivity index (χ3n) is 4.85. The average Bonchev–Trinajstić information content (AvgIpc) is 2.94. The van der Waals surface area contributed by atoms with Crippen LogP contribution in [0.5, 0.6) is 0 Å². The lowest BCUT2D eigenvalue weighted by molar-refractivity contribution is -0.126. The zero-order valence-corrected chi connectivity index (χ0v) is 16.5. The molecule has 2 saturated heterocycles. The first-order chi connectivity index (χ1) is 12.2. The third-order valence-corrected chi connectivity index (χ3v) is 8.79. The molecule has 1 atom stereocenters. The lowest BCUT2D eigenvalue weighted by Gasteiger charge is -2.31. The zero-order chi connectivity index (χ0) is 18.9. The minimum atomic E-state index is -3.60. The third kappa shape index (κ3) is 4.39. The van der Waals surface area contributed by atoms with Crippen LogP contribution < -0.4 is 5.32 Å². The van der Waals surface area contributed by atoms with Gasteiger partial charge in [-0.05, 0) is 43.5 Å². The minimum absolute atomic E-state index is 0.0114. The zero-order valence-electron chi connectivity index (χ0n) is 14.1. The molecular weight excluding hydrogens is 400 g/mol. The molecule has 0 bridgehead atoms. The molecule has 2 heterocycles. The summed E-state index contributed by atoms with van der Waals surface area (Å²) < 4.78 is 49.6. The summed E-state index contributed by atoms with van der Waals surface area (Å²) in [5.74, 6) is -0.385.